The molecule has 0 saturated carbocycles. The zero-order chi connectivity index (χ0) is 20.5. The first kappa shape index (κ1) is 19.1. The third-order valence-corrected chi connectivity index (χ3v) is 5.61. The van der Waals surface area contributed by atoms with Crippen molar-refractivity contribution in [1.29, 1.82) is 0 Å². The molecule has 0 unspecified atom stereocenters. The summed E-state index contributed by atoms with van der Waals surface area (Å²) in [5.41, 5.74) is 3.89. The highest BCUT2D eigenvalue weighted by atomic mass is 35.5. The van der Waals surface area contributed by atoms with Crippen molar-refractivity contribution < 1.29 is 9.72 Å². The first-order valence-electron chi connectivity index (χ1n) is 8.67. The molecule has 0 saturated heterocycles. The normalized spacial score (nSPS) is 11.0. The van der Waals surface area contributed by atoms with Crippen LogP contribution in [0.25, 0.3) is 16.2 Å². The number of halogens is 1. The van der Waals surface area contributed by atoms with Crippen LogP contribution in [0.3, 0.4) is 0 Å². The van der Waals surface area contributed by atoms with E-state index in [2.05, 4.69) is 10.3 Å². The second-order valence-corrected chi connectivity index (χ2v) is 7.76. The SMILES string of the molecule is Cc1ccc(-c2cn3c(CC(=O)Nc4ccc(Cl)c([N+](=O)[O-])c4)csc3n2)cc1. The van der Waals surface area contributed by atoms with Crippen LogP contribution in [-0.4, -0.2) is 20.2 Å². The van der Waals surface area contributed by atoms with Gasteiger partial charge in [0.25, 0.3) is 5.69 Å². The molecule has 7 nitrogen and oxygen atoms in total. The first-order valence-corrected chi connectivity index (χ1v) is 9.93. The molecule has 2 aromatic carbocycles. The maximum atomic E-state index is 12.5. The van der Waals surface area contributed by atoms with Crippen molar-refractivity contribution in [2.75, 3.05) is 5.32 Å². The van der Waals surface area contributed by atoms with Gasteiger partial charge in [-0.15, -0.1) is 11.3 Å². The predicted molar refractivity (Wildman–Crippen MR) is 114 cm³/mol. The van der Waals surface area contributed by atoms with Gasteiger partial charge in [0.05, 0.1) is 17.0 Å². The largest absolute Gasteiger partial charge is 0.325 e. The fourth-order valence-corrected chi connectivity index (χ4v) is 3.98. The number of carbonyl (C=O) groups excluding carboxylic acids is 1. The van der Waals surface area contributed by atoms with Crippen LogP contribution < -0.4 is 5.32 Å². The van der Waals surface area contributed by atoms with E-state index in [0.717, 1.165) is 21.9 Å². The average molecular weight is 427 g/mol. The van der Waals surface area contributed by atoms with E-state index in [1.54, 1.807) is 0 Å². The number of anilines is 1. The monoisotopic (exact) mass is 426 g/mol. The number of imidazole rings is 1. The Hall–Kier alpha value is -3.23. The highest BCUT2D eigenvalue weighted by Gasteiger charge is 2.16. The van der Waals surface area contributed by atoms with Gasteiger partial charge in [-0.05, 0) is 19.1 Å². The summed E-state index contributed by atoms with van der Waals surface area (Å²) in [5.74, 6) is -0.285. The lowest BCUT2D eigenvalue weighted by molar-refractivity contribution is -0.384. The van der Waals surface area contributed by atoms with E-state index in [1.165, 1.54) is 35.1 Å². The van der Waals surface area contributed by atoms with Crippen molar-refractivity contribution in [3.63, 3.8) is 0 Å². The third-order valence-electron chi connectivity index (χ3n) is 4.40. The molecule has 9 heteroatoms. The van der Waals surface area contributed by atoms with Gasteiger partial charge in [0.2, 0.25) is 5.91 Å². The summed E-state index contributed by atoms with van der Waals surface area (Å²) >= 11 is 7.26. The van der Waals surface area contributed by atoms with Gasteiger partial charge in [-0.1, -0.05) is 41.4 Å². The predicted octanol–water partition coefficient (Wildman–Crippen LogP) is 5.11. The Kier molecular flexibility index (Phi) is 5.04. The number of hydrogen-bond acceptors (Lipinski definition) is 5. The van der Waals surface area contributed by atoms with Gasteiger partial charge < -0.3 is 5.32 Å². The fraction of sp³-hybridized carbons (Fsp3) is 0.100. The molecule has 1 N–H and O–H groups in total. The number of aryl methyl sites for hydroxylation is 1. The lowest BCUT2D eigenvalue weighted by Gasteiger charge is -2.05. The number of amides is 1. The molecule has 29 heavy (non-hydrogen) atoms. The summed E-state index contributed by atoms with van der Waals surface area (Å²) in [6, 6.07) is 12.3. The van der Waals surface area contributed by atoms with E-state index in [-0.39, 0.29) is 23.0 Å². The topological polar surface area (TPSA) is 89.5 Å². The van der Waals surface area contributed by atoms with Crippen LogP contribution in [0.15, 0.2) is 54.0 Å². The van der Waals surface area contributed by atoms with Gasteiger partial charge in [-0.2, -0.15) is 0 Å². The minimum atomic E-state index is -0.585. The molecule has 0 radical (unpaired) electrons. The van der Waals surface area contributed by atoms with E-state index in [0.29, 0.717) is 5.69 Å². The van der Waals surface area contributed by atoms with Gasteiger partial charge in [0.15, 0.2) is 4.96 Å². The Labute approximate surface area is 174 Å². The number of carbonyl (C=O) groups is 1. The fourth-order valence-electron chi connectivity index (χ4n) is 2.92. The molecule has 2 aromatic heterocycles. The molecule has 0 spiro atoms. The number of nitrogens with zero attached hydrogens (tertiary/aromatic N) is 3. The molecular formula is C20H15ClN4O3S. The molecule has 0 aliphatic carbocycles. The Morgan fingerprint density at radius 2 is 2.03 bits per heavy atom. The molecule has 146 valence electrons. The summed E-state index contributed by atoms with van der Waals surface area (Å²) < 4.78 is 1.89. The summed E-state index contributed by atoms with van der Waals surface area (Å²) in [6.45, 7) is 2.03. The summed E-state index contributed by atoms with van der Waals surface area (Å²) in [4.78, 5) is 28.3. The van der Waals surface area contributed by atoms with Gasteiger partial charge in [0.1, 0.15) is 5.02 Å². The van der Waals surface area contributed by atoms with Crippen molar-refractivity contribution in [1.82, 2.24) is 9.38 Å². The van der Waals surface area contributed by atoms with Crippen molar-refractivity contribution >= 4 is 45.2 Å². The van der Waals surface area contributed by atoms with Gasteiger partial charge in [-0.3, -0.25) is 19.3 Å². The number of benzene rings is 2. The number of hydrogen-bond donors (Lipinski definition) is 1. The number of rotatable bonds is 5. The summed E-state index contributed by atoms with van der Waals surface area (Å²) in [6.07, 6.45) is 2.02. The van der Waals surface area contributed by atoms with Crippen molar-refractivity contribution in [3.8, 4) is 11.3 Å². The van der Waals surface area contributed by atoms with Gasteiger partial charge in [0, 0.05) is 34.6 Å². The number of thiazole rings is 1. The van der Waals surface area contributed by atoms with Crippen LogP contribution >= 0.6 is 22.9 Å². The van der Waals surface area contributed by atoms with Gasteiger partial charge in [-0.25, -0.2) is 4.98 Å². The van der Waals surface area contributed by atoms with Crippen molar-refractivity contribution in [2.45, 2.75) is 13.3 Å². The number of nitro benzene ring substituents is 1. The summed E-state index contributed by atoms with van der Waals surface area (Å²) in [5, 5.41) is 15.6. The molecule has 0 aliphatic rings. The second kappa shape index (κ2) is 7.65. The number of nitro groups is 1. The maximum Gasteiger partial charge on any atom is 0.289 e. The quantitative estimate of drug-likeness (QED) is 0.354. The molecular weight excluding hydrogens is 412 g/mol. The van der Waals surface area contributed by atoms with Gasteiger partial charge >= 0.3 is 0 Å². The molecule has 4 aromatic rings. The van der Waals surface area contributed by atoms with Crippen LogP contribution in [0, 0.1) is 17.0 Å². The Morgan fingerprint density at radius 1 is 1.28 bits per heavy atom. The molecule has 1 amide bonds. The van der Waals surface area contributed by atoms with Crippen LogP contribution in [0.1, 0.15) is 11.3 Å². The number of fused-ring (bicyclic) bond motifs is 1. The highest BCUT2D eigenvalue weighted by molar-refractivity contribution is 7.15. The van der Waals surface area contributed by atoms with Crippen LogP contribution in [0.2, 0.25) is 5.02 Å². The number of aromatic nitrogens is 2. The van der Waals surface area contributed by atoms with Crippen LogP contribution in [0.5, 0.6) is 0 Å². The van der Waals surface area contributed by atoms with Crippen molar-refractivity contribution in [3.05, 3.63) is 80.4 Å². The lowest BCUT2D eigenvalue weighted by atomic mass is 10.1. The van der Waals surface area contributed by atoms with E-state index >= 15 is 0 Å². The lowest BCUT2D eigenvalue weighted by Crippen LogP contribution is -2.15. The molecule has 2 heterocycles. The van der Waals surface area contributed by atoms with Crippen LogP contribution in [-0.2, 0) is 11.2 Å². The Morgan fingerprint density at radius 3 is 2.76 bits per heavy atom. The molecule has 0 bridgehead atoms. The maximum absolute atomic E-state index is 12.5. The zero-order valence-corrected chi connectivity index (χ0v) is 16.8. The standard InChI is InChI=1S/C20H15ClN4O3S/c1-12-2-4-13(5-3-12)17-10-24-15(11-29-20(24)23-17)9-19(26)22-14-6-7-16(21)18(8-14)25(27)28/h2-8,10-11H,9H2,1H3,(H,22,26). The van der Waals surface area contributed by atoms with E-state index in [1.807, 2.05) is 47.2 Å². The second-order valence-electron chi connectivity index (χ2n) is 6.52. The molecule has 4 rings (SSSR count). The first-order chi connectivity index (χ1) is 13.9. The molecule has 0 aliphatic heterocycles. The summed E-state index contributed by atoms with van der Waals surface area (Å²) in [7, 11) is 0. The van der Waals surface area contributed by atoms with Crippen molar-refractivity contribution in [2.24, 2.45) is 0 Å². The highest BCUT2D eigenvalue weighted by Crippen LogP contribution is 2.28. The average Bonchev–Trinajstić information content (AvgIpc) is 3.26. The minimum Gasteiger partial charge on any atom is -0.325 e. The van der Waals surface area contributed by atoms with E-state index in [9.17, 15) is 14.9 Å². The molecule has 0 fully saturated rings. The number of nitrogens with one attached hydrogen (secondary N) is 1. The Balaban J connectivity index is 1.53. The van der Waals surface area contributed by atoms with Crippen LogP contribution in [0.4, 0.5) is 11.4 Å². The third kappa shape index (κ3) is 3.98. The van der Waals surface area contributed by atoms with E-state index in [4.69, 9.17) is 11.6 Å². The zero-order valence-electron chi connectivity index (χ0n) is 15.3. The smallest absolute Gasteiger partial charge is 0.289 e. The van der Waals surface area contributed by atoms with E-state index < -0.39 is 4.92 Å². The Bertz CT molecular complexity index is 1230. The molecule has 0 atom stereocenters. The minimum absolute atomic E-state index is 0.0228.